The van der Waals surface area contributed by atoms with Gasteiger partial charge in [0, 0.05) is 12.1 Å². The molecule has 10 heteroatoms. The summed E-state index contributed by atoms with van der Waals surface area (Å²) in [4.78, 5) is 25.3. The van der Waals surface area contributed by atoms with Crippen LogP contribution in [0.15, 0.2) is 76.0 Å². The van der Waals surface area contributed by atoms with E-state index >= 15 is 0 Å². The molecule has 4 aromatic rings. The molecule has 0 amide bonds. The molecular formula is C28H19F3O7. The number of esters is 1. The second-order valence-electron chi connectivity index (χ2n) is 8.32. The summed E-state index contributed by atoms with van der Waals surface area (Å²) in [6.45, 7) is 2.66. The molecule has 1 aliphatic heterocycles. The molecule has 0 bridgehead atoms. The van der Waals surface area contributed by atoms with Crippen molar-refractivity contribution < 1.29 is 41.3 Å². The van der Waals surface area contributed by atoms with Crippen molar-refractivity contribution >= 4 is 23.0 Å². The van der Waals surface area contributed by atoms with Gasteiger partial charge < -0.3 is 23.4 Å². The van der Waals surface area contributed by atoms with E-state index in [0.29, 0.717) is 30.3 Å². The van der Waals surface area contributed by atoms with Crippen LogP contribution in [0.4, 0.5) is 13.2 Å². The molecule has 0 saturated carbocycles. The van der Waals surface area contributed by atoms with Gasteiger partial charge in [0.05, 0.1) is 5.39 Å². The van der Waals surface area contributed by atoms with Crippen LogP contribution in [0.3, 0.4) is 0 Å². The van der Waals surface area contributed by atoms with Crippen LogP contribution in [0.2, 0.25) is 0 Å². The van der Waals surface area contributed by atoms with Gasteiger partial charge in [-0.1, -0.05) is 23.8 Å². The van der Waals surface area contributed by atoms with Crippen LogP contribution in [-0.4, -0.2) is 19.2 Å². The van der Waals surface area contributed by atoms with Crippen molar-refractivity contribution in [3.8, 4) is 28.7 Å². The Morgan fingerprint density at radius 3 is 2.37 bits per heavy atom. The maximum atomic E-state index is 13.8. The highest BCUT2D eigenvalue weighted by Crippen LogP contribution is 2.38. The molecule has 3 aromatic carbocycles. The first-order valence-corrected chi connectivity index (χ1v) is 11.4. The summed E-state index contributed by atoms with van der Waals surface area (Å²) in [6.07, 6.45) is -2.39. The van der Waals surface area contributed by atoms with E-state index in [1.165, 1.54) is 30.3 Å². The van der Waals surface area contributed by atoms with E-state index in [9.17, 15) is 22.8 Å². The van der Waals surface area contributed by atoms with E-state index < -0.39 is 34.7 Å². The van der Waals surface area contributed by atoms with Crippen molar-refractivity contribution in [3.63, 3.8) is 0 Å². The number of ether oxygens (including phenoxy) is 4. The molecule has 0 atom stereocenters. The van der Waals surface area contributed by atoms with E-state index in [1.54, 1.807) is 37.3 Å². The van der Waals surface area contributed by atoms with E-state index in [4.69, 9.17) is 23.4 Å². The summed E-state index contributed by atoms with van der Waals surface area (Å²) in [6, 6.07) is 14.8. The van der Waals surface area contributed by atoms with Gasteiger partial charge in [-0.2, -0.15) is 13.2 Å². The zero-order valence-corrected chi connectivity index (χ0v) is 19.8. The SMILES string of the molecule is Cc1ccc(Oc2c(C(F)(F)F)oc3cc(OC(=O)/C=C/c4ccc5c(c4)OCCO5)ccc3c2=O)cc1. The fourth-order valence-corrected chi connectivity index (χ4v) is 3.70. The van der Waals surface area contributed by atoms with Crippen molar-refractivity contribution in [2.24, 2.45) is 0 Å². The van der Waals surface area contributed by atoms with Gasteiger partial charge in [0.2, 0.25) is 11.2 Å². The number of hydrogen-bond donors (Lipinski definition) is 0. The highest BCUT2D eigenvalue weighted by Gasteiger charge is 2.40. The molecule has 1 aromatic heterocycles. The largest absolute Gasteiger partial charge is 0.486 e. The van der Waals surface area contributed by atoms with Gasteiger partial charge in [0.1, 0.15) is 30.3 Å². The third kappa shape index (κ3) is 5.34. The molecule has 1 aliphatic rings. The zero-order chi connectivity index (χ0) is 26.9. The molecule has 0 radical (unpaired) electrons. The van der Waals surface area contributed by atoms with Gasteiger partial charge >= 0.3 is 12.1 Å². The van der Waals surface area contributed by atoms with Crippen molar-refractivity contribution in [1.82, 2.24) is 0 Å². The van der Waals surface area contributed by atoms with E-state index in [0.717, 1.165) is 17.7 Å². The lowest BCUT2D eigenvalue weighted by Crippen LogP contribution is -2.15. The molecule has 2 heterocycles. The van der Waals surface area contributed by atoms with Crippen LogP contribution < -0.4 is 24.4 Å². The first-order valence-electron chi connectivity index (χ1n) is 11.4. The smallest absolute Gasteiger partial charge is 0.453 e. The number of alkyl halides is 3. The number of carbonyl (C=O) groups excluding carboxylic acids is 1. The second kappa shape index (κ2) is 9.97. The number of halogens is 3. The number of benzene rings is 3. The van der Waals surface area contributed by atoms with Crippen LogP contribution in [0.5, 0.6) is 28.7 Å². The minimum Gasteiger partial charge on any atom is -0.486 e. The third-order valence-corrected chi connectivity index (χ3v) is 5.52. The molecule has 0 saturated heterocycles. The topological polar surface area (TPSA) is 84.2 Å². The third-order valence-electron chi connectivity index (χ3n) is 5.52. The number of hydrogen-bond acceptors (Lipinski definition) is 7. The minimum absolute atomic E-state index is 0.0445. The summed E-state index contributed by atoms with van der Waals surface area (Å²) in [5.74, 6) is -2.31. The predicted molar refractivity (Wildman–Crippen MR) is 131 cm³/mol. The molecule has 5 rings (SSSR count). The zero-order valence-electron chi connectivity index (χ0n) is 19.8. The van der Waals surface area contributed by atoms with Crippen LogP contribution in [0, 0.1) is 6.92 Å². The first-order chi connectivity index (χ1) is 18.2. The fraction of sp³-hybridized carbons (Fsp3) is 0.143. The molecule has 0 spiro atoms. The molecule has 7 nitrogen and oxygen atoms in total. The average Bonchev–Trinajstić information content (AvgIpc) is 2.89. The summed E-state index contributed by atoms with van der Waals surface area (Å²) >= 11 is 0. The summed E-state index contributed by atoms with van der Waals surface area (Å²) in [5, 5.41) is -0.174. The van der Waals surface area contributed by atoms with E-state index in [-0.39, 0.29) is 16.9 Å². The summed E-state index contributed by atoms with van der Waals surface area (Å²) < 4.78 is 67.8. The van der Waals surface area contributed by atoms with E-state index in [2.05, 4.69) is 0 Å². The summed E-state index contributed by atoms with van der Waals surface area (Å²) in [5.41, 5.74) is 0.0732. The number of aryl methyl sites for hydroxylation is 1. The average molecular weight is 524 g/mol. The lowest BCUT2D eigenvalue weighted by Gasteiger charge is -2.18. The quantitative estimate of drug-likeness (QED) is 0.172. The molecule has 0 unspecified atom stereocenters. The van der Waals surface area contributed by atoms with Crippen LogP contribution in [-0.2, 0) is 11.0 Å². The van der Waals surface area contributed by atoms with Crippen molar-refractivity contribution in [2.75, 3.05) is 13.2 Å². The Labute approximate surface area is 213 Å². The van der Waals surface area contributed by atoms with Gasteiger partial charge in [0.15, 0.2) is 11.5 Å². The lowest BCUT2D eigenvalue weighted by atomic mass is 10.2. The van der Waals surface area contributed by atoms with E-state index in [1.807, 2.05) is 0 Å². The Balaban J connectivity index is 1.40. The molecule has 0 aliphatic carbocycles. The first kappa shape index (κ1) is 24.9. The van der Waals surface area contributed by atoms with Crippen LogP contribution in [0.25, 0.3) is 17.0 Å². The monoisotopic (exact) mass is 524 g/mol. The predicted octanol–water partition coefficient (Wildman–Crippen LogP) is 6.30. The number of rotatable bonds is 5. The highest BCUT2D eigenvalue weighted by molar-refractivity contribution is 5.89. The maximum absolute atomic E-state index is 13.8. The highest BCUT2D eigenvalue weighted by atomic mass is 19.4. The normalized spacial score (nSPS) is 13.1. The lowest BCUT2D eigenvalue weighted by molar-refractivity contribution is -0.154. The van der Waals surface area contributed by atoms with Gasteiger partial charge in [0.25, 0.3) is 5.76 Å². The minimum atomic E-state index is -5.02. The molecule has 0 fully saturated rings. The van der Waals surface area contributed by atoms with Crippen LogP contribution in [0.1, 0.15) is 16.9 Å². The molecular weight excluding hydrogens is 505 g/mol. The van der Waals surface area contributed by atoms with Gasteiger partial charge in [-0.3, -0.25) is 4.79 Å². The Kier molecular flexibility index (Phi) is 6.54. The Bertz CT molecular complexity index is 1600. The summed E-state index contributed by atoms with van der Waals surface area (Å²) in [7, 11) is 0. The molecule has 194 valence electrons. The number of fused-ring (bicyclic) bond motifs is 2. The van der Waals surface area contributed by atoms with Crippen LogP contribution >= 0.6 is 0 Å². The van der Waals surface area contributed by atoms with Crippen molar-refractivity contribution in [3.05, 3.63) is 93.9 Å². The Morgan fingerprint density at radius 2 is 1.63 bits per heavy atom. The maximum Gasteiger partial charge on any atom is 0.453 e. The molecule has 38 heavy (non-hydrogen) atoms. The molecule has 0 N–H and O–H groups in total. The number of carbonyl (C=O) groups is 1. The Hall–Kier alpha value is -4.73. The second-order valence-corrected chi connectivity index (χ2v) is 8.32. The van der Waals surface area contributed by atoms with Crippen molar-refractivity contribution in [2.45, 2.75) is 13.1 Å². The Morgan fingerprint density at radius 1 is 0.921 bits per heavy atom. The van der Waals surface area contributed by atoms with Gasteiger partial charge in [-0.15, -0.1) is 0 Å². The van der Waals surface area contributed by atoms with Gasteiger partial charge in [-0.25, -0.2) is 4.79 Å². The standard InChI is InChI=1S/C28H19F3O7/c1-16-2-6-18(7-3-16)37-26-25(33)20-9-8-19(15-22(20)38-27(26)28(29,30)31)36-24(32)11-5-17-4-10-21-23(14-17)35-13-12-34-21/h2-11,14-15H,12-13H2,1H3/b11-5+. The fourth-order valence-electron chi connectivity index (χ4n) is 3.70. The van der Waals surface area contributed by atoms with Gasteiger partial charge in [-0.05, 0) is 55.0 Å². The van der Waals surface area contributed by atoms with Crippen molar-refractivity contribution in [1.29, 1.82) is 0 Å².